The van der Waals surface area contributed by atoms with Gasteiger partial charge in [0.25, 0.3) is 0 Å². The molecule has 2 aromatic heterocycles. The zero-order valence-corrected chi connectivity index (χ0v) is 16.4. The van der Waals surface area contributed by atoms with Gasteiger partial charge in [-0.15, -0.1) is 0 Å². The minimum absolute atomic E-state index is 0.170. The van der Waals surface area contributed by atoms with Crippen LogP contribution in [-0.2, 0) is 10.0 Å². The van der Waals surface area contributed by atoms with Crippen molar-refractivity contribution in [3.63, 3.8) is 0 Å². The molecule has 3 aromatic rings. The van der Waals surface area contributed by atoms with Crippen LogP contribution in [0.15, 0.2) is 42.7 Å². The maximum Gasteiger partial charge on any atom is 0.511 e. The average Bonchev–Trinajstić information content (AvgIpc) is 3.06. The van der Waals surface area contributed by atoms with Crippen LogP contribution in [-0.4, -0.2) is 45.9 Å². The first-order chi connectivity index (χ1) is 13.7. The quantitative estimate of drug-likeness (QED) is 0.640. The van der Waals surface area contributed by atoms with Gasteiger partial charge in [-0.25, -0.2) is 13.4 Å². The van der Waals surface area contributed by atoms with E-state index in [1.54, 1.807) is 18.5 Å². The molecular weight excluding hydrogens is 405 g/mol. The third-order valence-corrected chi connectivity index (χ3v) is 6.82. The van der Waals surface area contributed by atoms with Gasteiger partial charge in [0.1, 0.15) is 5.82 Å². The van der Waals surface area contributed by atoms with E-state index in [-0.39, 0.29) is 32.0 Å². The number of aryl methyl sites for hydroxylation is 1. The molecule has 154 valence electrons. The van der Waals surface area contributed by atoms with E-state index in [2.05, 4.69) is 4.98 Å². The van der Waals surface area contributed by atoms with Crippen LogP contribution in [0.4, 0.5) is 13.2 Å². The van der Waals surface area contributed by atoms with Crippen molar-refractivity contribution in [2.45, 2.75) is 31.3 Å². The number of hydrogen-bond acceptors (Lipinski definition) is 4. The Balaban J connectivity index is 1.72. The number of pyridine rings is 1. The lowest BCUT2D eigenvalue weighted by Gasteiger charge is -2.33. The fourth-order valence-corrected chi connectivity index (χ4v) is 4.74. The zero-order chi connectivity index (χ0) is 20.8. The Morgan fingerprint density at radius 1 is 1.14 bits per heavy atom. The van der Waals surface area contributed by atoms with Gasteiger partial charge < -0.3 is 4.57 Å². The Morgan fingerprint density at radius 3 is 2.48 bits per heavy atom. The fourth-order valence-electron chi connectivity index (χ4n) is 3.76. The first-order valence-corrected chi connectivity index (χ1v) is 10.6. The molecule has 1 aliphatic rings. The molecule has 4 rings (SSSR count). The summed E-state index contributed by atoms with van der Waals surface area (Å²) in [5, 5.41) is 0. The molecule has 29 heavy (non-hydrogen) atoms. The van der Waals surface area contributed by atoms with Crippen LogP contribution in [0.2, 0.25) is 0 Å². The van der Waals surface area contributed by atoms with Crippen molar-refractivity contribution >= 4 is 21.1 Å². The summed E-state index contributed by atoms with van der Waals surface area (Å²) in [5.41, 5.74) is -1.79. The van der Waals surface area contributed by atoms with E-state index in [1.807, 2.05) is 35.8 Å². The van der Waals surface area contributed by atoms with Gasteiger partial charge in [-0.1, -0.05) is 6.07 Å². The predicted molar refractivity (Wildman–Crippen MR) is 103 cm³/mol. The Hall–Kier alpha value is -2.46. The average molecular weight is 424 g/mol. The summed E-state index contributed by atoms with van der Waals surface area (Å²) < 4.78 is 64.6. The third-order valence-electron chi connectivity index (χ3n) is 5.19. The first kappa shape index (κ1) is 19.8. The van der Waals surface area contributed by atoms with Crippen LogP contribution >= 0.6 is 0 Å². The van der Waals surface area contributed by atoms with Gasteiger partial charge in [0.15, 0.2) is 0 Å². The van der Waals surface area contributed by atoms with Crippen LogP contribution in [0, 0.1) is 6.92 Å². The van der Waals surface area contributed by atoms with E-state index in [0.717, 1.165) is 22.2 Å². The molecule has 0 bridgehead atoms. The standard InChI is InChI=1S/C19H19F3N4O2S/c1-13-4-5-16-17(11-13)26(18(24-16)14-3-2-8-23-12-14)15-6-9-25(10-7-15)29(27,28)19(20,21)22/h2-5,8,11-12,15H,6-7,9-10H2,1H3. The molecule has 1 saturated heterocycles. The van der Waals surface area contributed by atoms with Crippen molar-refractivity contribution in [3.8, 4) is 11.4 Å². The first-order valence-electron chi connectivity index (χ1n) is 9.14. The normalized spacial score (nSPS) is 17.1. The molecule has 0 radical (unpaired) electrons. The Bertz CT molecular complexity index is 1140. The zero-order valence-electron chi connectivity index (χ0n) is 15.6. The third kappa shape index (κ3) is 3.51. The van der Waals surface area contributed by atoms with Crippen molar-refractivity contribution in [1.29, 1.82) is 0 Å². The van der Waals surface area contributed by atoms with E-state index in [4.69, 9.17) is 4.98 Å². The lowest BCUT2D eigenvalue weighted by molar-refractivity contribution is -0.0496. The SMILES string of the molecule is Cc1ccc2nc(-c3cccnc3)n(C3CCN(S(=O)(=O)C(F)(F)F)CC3)c2c1. The number of nitrogens with zero attached hydrogens (tertiary/aromatic N) is 4. The Morgan fingerprint density at radius 2 is 1.86 bits per heavy atom. The highest BCUT2D eigenvalue weighted by atomic mass is 32.2. The number of piperidine rings is 1. The molecule has 3 heterocycles. The highest BCUT2D eigenvalue weighted by molar-refractivity contribution is 7.90. The molecule has 0 spiro atoms. The number of rotatable bonds is 3. The molecule has 1 aliphatic heterocycles. The van der Waals surface area contributed by atoms with Crippen molar-refractivity contribution in [1.82, 2.24) is 18.8 Å². The molecule has 0 saturated carbocycles. The van der Waals surface area contributed by atoms with Crippen molar-refractivity contribution in [2.24, 2.45) is 0 Å². The van der Waals surface area contributed by atoms with Crippen molar-refractivity contribution in [2.75, 3.05) is 13.1 Å². The smallest absolute Gasteiger partial charge is 0.321 e. The van der Waals surface area contributed by atoms with E-state index < -0.39 is 15.5 Å². The Labute approximate surface area is 166 Å². The number of alkyl halides is 3. The van der Waals surface area contributed by atoms with E-state index >= 15 is 0 Å². The second-order valence-corrected chi connectivity index (χ2v) is 9.05. The molecule has 10 heteroatoms. The van der Waals surface area contributed by atoms with Crippen LogP contribution in [0.25, 0.3) is 22.4 Å². The maximum absolute atomic E-state index is 12.9. The number of sulfonamides is 1. The number of aromatic nitrogens is 3. The van der Waals surface area contributed by atoms with Gasteiger partial charge >= 0.3 is 15.5 Å². The summed E-state index contributed by atoms with van der Waals surface area (Å²) in [6, 6.07) is 9.34. The lowest BCUT2D eigenvalue weighted by Crippen LogP contribution is -2.45. The van der Waals surface area contributed by atoms with Gasteiger partial charge in [-0.2, -0.15) is 17.5 Å². The molecule has 1 aromatic carbocycles. The lowest BCUT2D eigenvalue weighted by atomic mass is 10.1. The van der Waals surface area contributed by atoms with Crippen LogP contribution in [0.1, 0.15) is 24.4 Å². The molecule has 6 nitrogen and oxygen atoms in total. The van der Waals surface area contributed by atoms with Crippen molar-refractivity contribution < 1.29 is 21.6 Å². The number of imidazole rings is 1. The summed E-state index contributed by atoms with van der Waals surface area (Å²) in [6.07, 6.45) is 3.87. The minimum Gasteiger partial charge on any atom is -0.321 e. The molecular formula is C19H19F3N4O2S. The second kappa shape index (κ2) is 7.10. The largest absolute Gasteiger partial charge is 0.511 e. The summed E-state index contributed by atoms with van der Waals surface area (Å²) in [7, 11) is -5.30. The van der Waals surface area contributed by atoms with E-state index in [9.17, 15) is 21.6 Å². The Kier molecular flexibility index (Phi) is 4.86. The maximum atomic E-state index is 12.9. The highest BCUT2D eigenvalue weighted by Gasteiger charge is 2.50. The van der Waals surface area contributed by atoms with E-state index in [1.165, 1.54) is 0 Å². The number of benzene rings is 1. The molecule has 0 amide bonds. The summed E-state index contributed by atoms with van der Waals surface area (Å²) >= 11 is 0. The van der Waals surface area contributed by atoms with E-state index in [0.29, 0.717) is 10.1 Å². The summed E-state index contributed by atoms with van der Waals surface area (Å²) in [6.45, 7) is 1.58. The van der Waals surface area contributed by atoms with Crippen LogP contribution < -0.4 is 0 Å². The molecule has 0 N–H and O–H groups in total. The molecule has 0 aliphatic carbocycles. The minimum atomic E-state index is -5.30. The monoisotopic (exact) mass is 424 g/mol. The van der Waals surface area contributed by atoms with Gasteiger partial charge in [-0.3, -0.25) is 4.98 Å². The molecule has 0 unspecified atom stereocenters. The molecule has 0 atom stereocenters. The van der Waals surface area contributed by atoms with Gasteiger partial charge in [0, 0.05) is 37.1 Å². The van der Waals surface area contributed by atoms with Gasteiger partial charge in [-0.05, 0) is 49.6 Å². The van der Waals surface area contributed by atoms with Crippen LogP contribution in [0.5, 0.6) is 0 Å². The summed E-state index contributed by atoms with van der Waals surface area (Å²) in [5.74, 6) is 0.677. The predicted octanol–water partition coefficient (Wildman–Crippen LogP) is 3.89. The number of hydrogen-bond donors (Lipinski definition) is 0. The highest BCUT2D eigenvalue weighted by Crippen LogP contribution is 2.36. The number of fused-ring (bicyclic) bond motifs is 1. The summed E-state index contributed by atoms with van der Waals surface area (Å²) in [4.78, 5) is 8.86. The van der Waals surface area contributed by atoms with Gasteiger partial charge in [0.05, 0.1) is 11.0 Å². The number of halogens is 3. The van der Waals surface area contributed by atoms with Crippen LogP contribution in [0.3, 0.4) is 0 Å². The topological polar surface area (TPSA) is 68.1 Å². The van der Waals surface area contributed by atoms with Gasteiger partial charge in [0.2, 0.25) is 0 Å². The fraction of sp³-hybridized carbons (Fsp3) is 0.368. The van der Waals surface area contributed by atoms with Crippen molar-refractivity contribution in [3.05, 3.63) is 48.3 Å². The second-order valence-electron chi connectivity index (χ2n) is 7.12. The molecule has 1 fully saturated rings.